The van der Waals surface area contributed by atoms with Crippen LogP contribution in [0.25, 0.3) is 0 Å². The number of anilines is 1. The molecule has 2 atom stereocenters. The number of ether oxygens (including phenoxy) is 2. The molecule has 0 bridgehead atoms. The molecule has 1 saturated carbocycles. The van der Waals surface area contributed by atoms with E-state index < -0.39 is 23.6 Å². The van der Waals surface area contributed by atoms with Gasteiger partial charge in [0.1, 0.15) is 0 Å². The summed E-state index contributed by atoms with van der Waals surface area (Å²) in [5.41, 5.74) is 0.575. The maximum atomic E-state index is 11.9. The highest BCUT2D eigenvalue weighted by Gasteiger charge is 2.48. The van der Waals surface area contributed by atoms with Crippen LogP contribution in [0.5, 0.6) is 11.5 Å². The molecule has 1 aliphatic heterocycles. The van der Waals surface area contributed by atoms with Crippen LogP contribution in [0.3, 0.4) is 0 Å². The number of benzene rings is 1. The quantitative estimate of drug-likeness (QED) is 0.880. The van der Waals surface area contributed by atoms with Gasteiger partial charge in [0, 0.05) is 25.6 Å². The fourth-order valence-corrected chi connectivity index (χ4v) is 2.29. The number of hydrogen-bond donors (Lipinski definition) is 2. The highest BCUT2D eigenvalue weighted by molar-refractivity contribution is 5.98. The van der Waals surface area contributed by atoms with E-state index in [-0.39, 0.29) is 5.91 Å². The molecular weight excluding hydrogens is 262 g/mol. The molecule has 6 nitrogen and oxygen atoms in total. The van der Waals surface area contributed by atoms with Crippen molar-refractivity contribution in [3.63, 3.8) is 0 Å². The van der Waals surface area contributed by atoms with E-state index in [4.69, 9.17) is 14.6 Å². The first-order valence-electron chi connectivity index (χ1n) is 6.41. The second kappa shape index (κ2) is 4.13. The van der Waals surface area contributed by atoms with Crippen molar-refractivity contribution in [1.29, 1.82) is 0 Å². The van der Waals surface area contributed by atoms with Crippen LogP contribution in [0.4, 0.5) is 5.69 Å². The maximum absolute atomic E-state index is 11.9. The lowest BCUT2D eigenvalue weighted by Gasteiger charge is -2.16. The zero-order valence-corrected chi connectivity index (χ0v) is 11.2. The topological polar surface area (TPSA) is 84.9 Å². The van der Waals surface area contributed by atoms with E-state index in [1.807, 2.05) is 0 Å². The molecule has 1 aliphatic carbocycles. The van der Waals surface area contributed by atoms with Crippen molar-refractivity contribution in [1.82, 2.24) is 0 Å². The molecule has 106 valence electrons. The molecule has 2 N–H and O–H groups in total. The highest BCUT2D eigenvalue weighted by atomic mass is 16.7. The van der Waals surface area contributed by atoms with Crippen LogP contribution in [-0.4, -0.2) is 22.8 Å². The Kier molecular flexibility index (Phi) is 2.64. The predicted molar refractivity (Wildman–Crippen MR) is 69.6 cm³/mol. The van der Waals surface area contributed by atoms with Gasteiger partial charge in [0.2, 0.25) is 11.7 Å². The van der Waals surface area contributed by atoms with Crippen molar-refractivity contribution in [2.45, 2.75) is 26.1 Å². The second-order valence-corrected chi connectivity index (χ2v) is 5.54. The average Bonchev–Trinajstić information content (AvgIpc) is 3.07. The van der Waals surface area contributed by atoms with Gasteiger partial charge < -0.3 is 19.9 Å². The zero-order valence-electron chi connectivity index (χ0n) is 11.2. The minimum Gasteiger partial charge on any atom is -0.481 e. The van der Waals surface area contributed by atoms with Gasteiger partial charge in [0.15, 0.2) is 11.5 Å². The molecule has 20 heavy (non-hydrogen) atoms. The summed E-state index contributed by atoms with van der Waals surface area (Å²) in [6.07, 6.45) is 0.402. The third-order valence-electron chi connectivity index (χ3n) is 3.37. The number of carbonyl (C=O) groups excluding carboxylic acids is 1. The Bertz CT molecular complexity index is 595. The van der Waals surface area contributed by atoms with Gasteiger partial charge in [-0.3, -0.25) is 9.59 Å². The number of rotatable bonds is 3. The molecule has 1 fully saturated rings. The number of nitrogens with one attached hydrogen (secondary N) is 1. The van der Waals surface area contributed by atoms with Crippen LogP contribution in [-0.2, 0) is 9.59 Å². The van der Waals surface area contributed by atoms with Gasteiger partial charge in [-0.2, -0.15) is 0 Å². The Hall–Kier alpha value is -2.24. The van der Waals surface area contributed by atoms with Gasteiger partial charge in [0.25, 0.3) is 0 Å². The van der Waals surface area contributed by atoms with Crippen molar-refractivity contribution in [3.8, 4) is 11.5 Å². The van der Waals surface area contributed by atoms with Gasteiger partial charge >= 0.3 is 5.97 Å². The summed E-state index contributed by atoms with van der Waals surface area (Å²) in [6, 6.07) is 5.11. The lowest BCUT2D eigenvalue weighted by molar-refractivity contribution is -0.139. The number of aliphatic carboxylic acids is 1. The summed E-state index contributed by atoms with van der Waals surface area (Å²) in [7, 11) is 0. The molecule has 1 aromatic rings. The Balaban J connectivity index is 1.68. The second-order valence-electron chi connectivity index (χ2n) is 5.54. The lowest BCUT2D eigenvalue weighted by Crippen LogP contribution is -2.29. The van der Waals surface area contributed by atoms with E-state index in [2.05, 4.69) is 5.32 Å². The van der Waals surface area contributed by atoms with Crippen LogP contribution < -0.4 is 14.8 Å². The van der Waals surface area contributed by atoms with Gasteiger partial charge in [-0.05, 0) is 18.6 Å². The molecule has 0 radical (unpaired) electrons. The number of amides is 1. The molecule has 1 aromatic carbocycles. The van der Waals surface area contributed by atoms with E-state index in [9.17, 15) is 9.59 Å². The summed E-state index contributed by atoms with van der Waals surface area (Å²) in [5, 5.41) is 11.5. The first kappa shape index (κ1) is 12.8. The summed E-state index contributed by atoms with van der Waals surface area (Å²) >= 11 is 0. The molecule has 0 saturated heterocycles. The summed E-state index contributed by atoms with van der Waals surface area (Å²) < 4.78 is 11.1. The minimum atomic E-state index is -0.919. The summed E-state index contributed by atoms with van der Waals surface area (Å²) in [4.78, 5) is 22.6. The Labute approximate surface area is 115 Å². The first-order valence-corrected chi connectivity index (χ1v) is 6.41. The van der Waals surface area contributed by atoms with Crippen molar-refractivity contribution < 1.29 is 24.2 Å². The van der Waals surface area contributed by atoms with Crippen molar-refractivity contribution in [2.24, 2.45) is 11.8 Å². The minimum absolute atomic E-state index is 0.268. The lowest BCUT2D eigenvalue weighted by atomic mass is 10.2. The number of carboxylic acid groups (broad SMARTS) is 1. The van der Waals surface area contributed by atoms with Crippen molar-refractivity contribution >= 4 is 17.6 Å². The van der Waals surface area contributed by atoms with E-state index in [0.29, 0.717) is 23.6 Å². The van der Waals surface area contributed by atoms with Crippen molar-refractivity contribution in [2.75, 3.05) is 5.32 Å². The third-order valence-corrected chi connectivity index (χ3v) is 3.37. The smallest absolute Gasteiger partial charge is 0.307 e. The third kappa shape index (κ3) is 2.29. The van der Waals surface area contributed by atoms with Crippen LogP contribution in [0, 0.1) is 11.8 Å². The van der Waals surface area contributed by atoms with Crippen molar-refractivity contribution in [3.05, 3.63) is 18.2 Å². The molecule has 1 heterocycles. The molecule has 0 spiro atoms. The predicted octanol–water partition coefficient (Wildman–Crippen LogP) is 1.85. The van der Waals surface area contributed by atoms with Gasteiger partial charge in [-0.25, -0.2) is 0 Å². The summed E-state index contributed by atoms with van der Waals surface area (Å²) in [5.74, 6) is -1.69. The van der Waals surface area contributed by atoms with E-state index >= 15 is 0 Å². The van der Waals surface area contributed by atoms with Gasteiger partial charge in [-0.15, -0.1) is 0 Å². The van der Waals surface area contributed by atoms with Crippen LogP contribution in [0.2, 0.25) is 0 Å². The van der Waals surface area contributed by atoms with Gasteiger partial charge in [0.05, 0.1) is 11.8 Å². The molecule has 0 aromatic heterocycles. The van der Waals surface area contributed by atoms with Crippen LogP contribution >= 0.6 is 0 Å². The van der Waals surface area contributed by atoms with Gasteiger partial charge in [-0.1, -0.05) is 0 Å². The number of hydrogen-bond acceptors (Lipinski definition) is 4. The monoisotopic (exact) mass is 277 g/mol. The molecule has 1 amide bonds. The number of fused-ring (bicyclic) bond motifs is 1. The molecule has 3 rings (SSSR count). The van der Waals surface area contributed by atoms with E-state index in [1.165, 1.54) is 0 Å². The van der Waals surface area contributed by atoms with Crippen LogP contribution in [0.15, 0.2) is 18.2 Å². The summed E-state index contributed by atoms with van der Waals surface area (Å²) in [6.45, 7) is 3.60. The number of carbonyl (C=O) groups is 2. The molecular formula is C14H15NO5. The normalized spacial score (nSPS) is 25.1. The standard InChI is InChI=1S/C14H15NO5/c1-14(2)19-10-4-3-7(5-11(10)20-14)15-12(16)8-6-9(8)13(17)18/h3-5,8-9H,6H2,1-2H3,(H,15,16)(H,17,18). The zero-order chi connectivity index (χ0) is 14.5. The number of carboxylic acids is 1. The highest BCUT2D eigenvalue weighted by Crippen LogP contribution is 2.42. The maximum Gasteiger partial charge on any atom is 0.307 e. The SMILES string of the molecule is CC1(C)Oc2ccc(NC(=O)C3CC3C(=O)O)cc2O1. The molecule has 6 heteroatoms. The fourth-order valence-electron chi connectivity index (χ4n) is 2.29. The Morgan fingerprint density at radius 2 is 1.95 bits per heavy atom. The Morgan fingerprint density at radius 1 is 1.25 bits per heavy atom. The van der Waals surface area contributed by atoms with E-state index in [1.54, 1.807) is 32.0 Å². The molecule has 2 aliphatic rings. The van der Waals surface area contributed by atoms with Crippen LogP contribution in [0.1, 0.15) is 20.3 Å². The first-order chi connectivity index (χ1) is 9.35. The van der Waals surface area contributed by atoms with E-state index in [0.717, 1.165) is 0 Å². The average molecular weight is 277 g/mol. The largest absolute Gasteiger partial charge is 0.481 e. The Morgan fingerprint density at radius 3 is 2.60 bits per heavy atom. The fraction of sp³-hybridized carbons (Fsp3) is 0.429. The molecule has 2 unspecified atom stereocenters.